The average Bonchev–Trinajstić information content (AvgIpc) is 3.18. The number of allylic oxidation sites excluding steroid dienone is 1. The van der Waals surface area contributed by atoms with E-state index in [2.05, 4.69) is 10.6 Å². The summed E-state index contributed by atoms with van der Waals surface area (Å²) in [6.45, 7) is 6.51. The summed E-state index contributed by atoms with van der Waals surface area (Å²) < 4.78 is 0. The van der Waals surface area contributed by atoms with Gasteiger partial charge in [0.15, 0.2) is 0 Å². The predicted molar refractivity (Wildman–Crippen MR) is 119 cm³/mol. The van der Waals surface area contributed by atoms with Gasteiger partial charge in [-0.15, -0.1) is 0 Å². The van der Waals surface area contributed by atoms with E-state index in [0.29, 0.717) is 6.54 Å². The first kappa shape index (κ1) is 24.4. The quantitative estimate of drug-likeness (QED) is 0.298. The van der Waals surface area contributed by atoms with Crippen molar-refractivity contribution in [1.29, 1.82) is 5.26 Å². The standard InChI is InChI=1S/C22H31BN4O4/c1-22(2,3)13-17(14-24)20(28)27-11-7-10-18(27)15-25-21(29)26-19(23(30)31)12-16-8-5-4-6-9-16/h4-6,8-9,13,18-19,30-31H,7,10-12,15H2,1-3H3,(H2,25,26,29)/b17-13+/t18-,19-/m0/s1. The fourth-order valence-corrected chi connectivity index (χ4v) is 3.57. The van der Waals surface area contributed by atoms with Crippen LogP contribution in [0.3, 0.4) is 0 Å². The maximum absolute atomic E-state index is 12.8. The Balaban J connectivity index is 1.94. The maximum Gasteiger partial charge on any atom is 0.475 e. The Bertz CT molecular complexity index is 830. The average molecular weight is 426 g/mol. The molecule has 2 atom stereocenters. The number of likely N-dealkylation sites (tertiary alicyclic amines) is 1. The van der Waals surface area contributed by atoms with Crippen molar-refractivity contribution in [3.8, 4) is 6.07 Å². The molecule has 0 spiro atoms. The van der Waals surface area contributed by atoms with Crippen LogP contribution < -0.4 is 10.6 Å². The molecule has 1 fully saturated rings. The maximum atomic E-state index is 12.8. The van der Waals surface area contributed by atoms with Crippen molar-refractivity contribution in [2.45, 2.75) is 52.0 Å². The van der Waals surface area contributed by atoms with Crippen LogP contribution in [0.1, 0.15) is 39.2 Å². The summed E-state index contributed by atoms with van der Waals surface area (Å²) in [4.78, 5) is 26.8. The van der Waals surface area contributed by atoms with Crippen LogP contribution in [0, 0.1) is 16.7 Å². The van der Waals surface area contributed by atoms with E-state index in [1.807, 2.05) is 57.2 Å². The molecule has 166 valence electrons. The summed E-state index contributed by atoms with van der Waals surface area (Å²) in [6, 6.07) is 10.5. The van der Waals surface area contributed by atoms with Gasteiger partial charge in [-0.25, -0.2) is 4.79 Å². The summed E-state index contributed by atoms with van der Waals surface area (Å²) in [5, 5.41) is 33.9. The van der Waals surface area contributed by atoms with E-state index in [0.717, 1.165) is 18.4 Å². The molecular formula is C22H31BN4O4. The van der Waals surface area contributed by atoms with E-state index < -0.39 is 19.1 Å². The molecule has 0 saturated carbocycles. The number of rotatable bonds is 7. The van der Waals surface area contributed by atoms with Crippen molar-refractivity contribution < 1.29 is 19.6 Å². The topological polar surface area (TPSA) is 126 Å². The highest BCUT2D eigenvalue weighted by Gasteiger charge is 2.32. The lowest BCUT2D eigenvalue weighted by Crippen LogP contribution is -2.53. The second-order valence-electron chi connectivity index (χ2n) is 8.89. The Labute approximate surface area is 184 Å². The third kappa shape index (κ3) is 7.74. The van der Waals surface area contributed by atoms with Crippen molar-refractivity contribution in [2.24, 2.45) is 5.41 Å². The zero-order valence-corrected chi connectivity index (χ0v) is 18.3. The van der Waals surface area contributed by atoms with E-state index >= 15 is 0 Å². The van der Waals surface area contributed by atoms with Gasteiger partial charge in [-0.3, -0.25) is 4.79 Å². The lowest BCUT2D eigenvalue weighted by atomic mass is 9.76. The molecule has 31 heavy (non-hydrogen) atoms. The Morgan fingerprint density at radius 3 is 2.58 bits per heavy atom. The minimum atomic E-state index is -1.71. The number of amides is 3. The second kappa shape index (κ2) is 11.0. The van der Waals surface area contributed by atoms with Crippen LogP contribution in [0.4, 0.5) is 4.79 Å². The van der Waals surface area contributed by atoms with Crippen molar-refractivity contribution in [3.05, 3.63) is 47.5 Å². The lowest BCUT2D eigenvalue weighted by molar-refractivity contribution is -0.127. The van der Waals surface area contributed by atoms with Crippen LogP contribution in [0.15, 0.2) is 42.0 Å². The zero-order chi connectivity index (χ0) is 23.0. The molecule has 1 aromatic carbocycles. The summed E-state index contributed by atoms with van der Waals surface area (Å²) in [7, 11) is -1.71. The highest BCUT2D eigenvalue weighted by atomic mass is 16.4. The van der Waals surface area contributed by atoms with Gasteiger partial charge in [-0.1, -0.05) is 57.2 Å². The zero-order valence-electron chi connectivity index (χ0n) is 18.3. The molecule has 0 aromatic heterocycles. The van der Waals surface area contributed by atoms with Crippen molar-refractivity contribution in [3.63, 3.8) is 0 Å². The molecular weight excluding hydrogens is 395 g/mol. The fourth-order valence-electron chi connectivity index (χ4n) is 3.57. The minimum absolute atomic E-state index is 0.107. The van der Waals surface area contributed by atoms with E-state index in [4.69, 9.17) is 0 Å². The molecule has 1 saturated heterocycles. The van der Waals surface area contributed by atoms with Gasteiger partial charge in [0.2, 0.25) is 0 Å². The van der Waals surface area contributed by atoms with E-state index in [9.17, 15) is 24.9 Å². The Morgan fingerprint density at radius 1 is 1.32 bits per heavy atom. The third-order valence-electron chi connectivity index (χ3n) is 5.04. The van der Waals surface area contributed by atoms with E-state index in [-0.39, 0.29) is 35.9 Å². The molecule has 0 unspecified atom stereocenters. The largest absolute Gasteiger partial charge is 0.475 e. The van der Waals surface area contributed by atoms with Gasteiger partial charge < -0.3 is 25.6 Å². The number of carbonyl (C=O) groups is 2. The van der Waals surface area contributed by atoms with Crippen molar-refractivity contribution in [1.82, 2.24) is 15.5 Å². The molecule has 0 radical (unpaired) electrons. The molecule has 8 nitrogen and oxygen atoms in total. The number of urea groups is 1. The number of nitrogens with zero attached hydrogens (tertiary/aromatic N) is 2. The second-order valence-corrected chi connectivity index (χ2v) is 8.89. The van der Waals surface area contributed by atoms with E-state index in [1.165, 1.54) is 0 Å². The molecule has 9 heteroatoms. The number of benzene rings is 1. The molecule has 2 rings (SSSR count). The first-order valence-corrected chi connectivity index (χ1v) is 10.5. The number of hydrogen-bond acceptors (Lipinski definition) is 5. The van der Waals surface area contributed by atoms with Crippen LogP contribution >= 0.6 is 0 Å². The van der Waals surface area contributed by atoms with Gasteiger partial charge >= 0.3 is 13.1 Å². The smallest absolute Gasteiger partial charge is 0.426 e. The van der Waals surface area contributed by atoms with Gasteiger partial charge in [-0.2, -0.15) is 5.26 Å². The van der Waals surface area contributed by atoms with Crippen LogP contribution in [0.5, 0.6) is 0 Å². The lowest BCUT2D eigenvalue weighted by Gasteiger charge is -2.26. The van der Waals surface area contributed by atoms with Gasteiger partial charge in [0.05, 0.1) is 5.94 Å². The molecule has 1 heterocycles. The van der Waals surface area contributed by atoms with Crippen LogP contribution in [0.2, 0.25) is 0 Å². The Hall–Kier alpha value is -2.83. The number of carbonyl (C=O) groups excluding carboxylic acids is 2. The molecule has 0 bridgehead atoms. The van der Waals surface area contributed by atoms with E-state index in [1.54, 1.807) is 11.0 Å². The van der Waals surface area contributed by atoms with Crippen LogP contribution in [-0.2, 0) is 11.2 Å². The number of nitriles is 1. The van der Waals surface area contributed by atoms with Gasteiger partial charge in [0.25, 0.3) is 5.91 Å². The van der Waals surface area contributed by atoms with Crippen LogP contribution in [-0.4, -0.2) is 59.1 Å². The summed E-state index contributed by atoms with van der Waals surface area (Å²) >= 11 is 0. The number of nitrogens with one attached hydrogen (secondary N) is 2. The molecule has 3 amide bonds. The van der Waals surface area contributed by atoms with Crippen molar-refractivity contribution >= 4 is 19.1 Å². The normalized spacial score (nSPS) is 17.6. The predicted octanol–water partition coefficient (Wildman–Crippen LogP) is 1.40. The first-order chi connectivity index (χ1) is 14.6. The van der Waals surface area contributed by atoms with Crippen LogP contribution in [0.25, 0.3) is 0 Å². The summed E-state index contributed by atoms with van der Waals surface area (Å²) in [6.07, 6.45) is 3.45. The molecule has 1 aliphatic heterocycles. The molecule has 1 aliphatic rings. The summed E-state index contributed by atoms with van der Waals surface area (Å²) in [5.74, 6) is -1.20. The van der Waals surface area contributed by atoms with Gasteiger partial charge in [0.1, 0.15) is 11.6 Å². The molecule has 0 aliphatic carbocycles. The number of hydrogen-bond donors (Lipinski definition) is 4. The fraction of sp³-hybridized carbons (Fsp3) is 0.500. The van der Waals surface area contributed by atoms with Crippen molar-refractivity contribution in [2.75, 3.05) is 13.1 Å². The minimum Gasteiger partial charge on any atom is -0.426 e. The van der Waals surface area contributed by atoms with Gasteiger partial charge in [-0.05, 0) is 30.2 Å². The highest BCUT2D eigenvalue weighted by Crippen LogP contribution is 2.23. The monoisotopic (exact) mass is 426 g/mol. The highest BCUT2D eigenvalue weighted by molar-refractivity contribution is 6.43. The molecule has 4 N–H and O–H groups in total. The Morgan fingerprint density at radius 2 is 2.00 bits per heavy atom. The third-order valence-corrected chi connectivity index (χ3v) is 5.04. The SMILES string of the molecule is CC(C)(C)/C=C(\C#N)C(=O)N1CCC[C@H]1CNC(=O)N[C@@H](Cc1ccccc1)B(O)O. The molecule has 1 aromatic rings. The first-order valence-electron chi connectivity index (χ1n) is 10.5. The summed E-state index contributed by atoms with van der Waals surface area (Å²) in [5.41, 5.74) is 0.672. The Kier molecular flexibility index (Phi) is 8.66. The van der Waals surface area contributed by atoms with Gasteiger partial charge in [0, 0.05) is 19.1 Å².